The molecule has 0 saturated heterocycles. The van der Waals surface area contributed by atoms with E-state index in [1.807, 2.05) is 6.07 Å². The molecule has 1 aromatic carbocycles. The number of nitrogens with zero attached hydrogens (tertiary/aromatic N) is 3. The minimum absolute atomic E-state index is 0.350. The lowest BCUT2D eigenvalue weighted by Crippen LogP contribution is -2.05. The quantitative estimate of drug-likeness (QED) is 0.685. The summed E-state index contributed by atoms with van der Waals surface area (Å²) >= 11 is 11.6. The molecule has 0 spiro atoms. The number of hydrogen-bond donors (Lipinski definition) is 0. The van der Waals surface area contributed by atoms with Gasteiger partial charge >= 0.3 is 0 Å². The fourth-order valence-electron chi connectivity index (χ4n) is 2.13. The molecule has 0 aliphatic rings. The number of rotatable bonds is 3. The van der Waals surface area contributed by atoms with Crippen LogP contribution in [0.4, 0.5) is 4.39 Å². The van der Waals surface area contributed by atoms with E-state index in [1.165, 1.54) is 6.07 Å². The van der Waals surface area contributed by atoms with Crippen molar-refractivity contribution in [2.45, 2.75) is 6.42 Å². The molecule has 20 heavy (non-hydrogen) atoms. The Morgan fingerprint density at radius 1 is 1.25 bits per heavy atom. The fourth-order valence-corrected chi connectivity index (χ4v) is 2.46. The van der Waals surface area contributed by atoms with E-state index in [4.69, 9.17) is 23.2 Å². The van der Waals surface area contributed by atoms with Crippen molar-refractivity contribution >= 4 is 34.4 Å². The highest BCUT2D eigenvalue weighted by molar-refractivity contribution is 6.30. The lowest BCUT2D eigenvalue weighted by molar-refractivity contribution is 0.616. The van der Waals surface area contributed by atoms with E-state index >= 15 is 0 Å². The van der Waals surface area contributed by atoms with Gasteiger partial charge in [-0.3, -0.25) is 4.57 Å². The highest BCUT2D eigenvalue weighted by Crippen LogP contribution is 2.24. The summed E-state index contributed by atoms with van der Waals surface area (Å²) in [6.07, 6.45) is 2.18. The summed E-state index contributed by atoms with van der Waals surface area (Å²) in [5, 5.41) is 0.350. The van der Waals surface area contributed by atoms with Crippen molar-refractivity contribution in [1.82, 2.24) is 14.5 Å². The monoisotopic (exact) mass is 309 g/mol. The Balaban J connectivity index is 2.30. The molecule has 2 heterocycles. The normalized spacial score (nSPS) is 11.2. The second kappa shape index (κ2) is 5.38. The second-order valence-electron chi connectivity index (χ2n) is 4.24. The molecular weight excluding hydrogens is 300 g/mol. The van der Waals surface area contributed by atoms with Gasteiger partial charge in [0.25, 0.3) is 0 Å². The van der Waals surface area contributed by atoms with Crippen LogP contribution >= 0.6 is 23.2 Å². The number of fused-ring (bicyclic) bond motifs is 1. The van der Waals surface area contributed by atoms with Crippen molar-refractivity contribution in [3.05, 3.63) is 53.2 Å². The molecule has 0 amide bonds. The molecule has 0 atom stereocenters. The van der Waals surface area contributed by atoms with Crippen LogP contribution in [0.5, 0.6) is 0 Å². The van der Waals surface area contributed by atoms with Crippen LogP contribution in [-0.2, 0) is 6.42 Å². The standard InChI is InChI=1S/C14H10Cl2FN3/c15-6-5-13-19-11-2-1-7-18-14(11)20(13)12-4-3-9(16)8-10(12)17/h1-4,7-8H,5-6H2. The number of aryl methyl sites for hydroxylation is 1. The molecule has 3 rings (SSSR count). The van der Waals surface area contributed by atoms with Gasteiger partial charge in [0, 0.05) is 23.5 Å². The Bertz CT molecular complexity index is 770. The fraction of sp³-hybridized carbons (Fsp3) is 0.143. The first-order valence-corrected chi connectivity index (χ1v) is 6.95. The van der Waals surface area contributed by atoms with Crippen LogP contribution in [0.15, 0.2) is 36.5 Å². The summed E-state index contributed by atoms with van der Waals surface area (Å²) in [7, 11) is 0. The topological polar surface area (TPSA) is 30.7 Å². The van der Waals surface area contributed by atoms with Crippen LogP contribution in [0.3, 0.4) is 0 Å². The zero-order valence-electron chi connectivity index (χ0n) is 10.4. The van der Waals surface area contributed by atoms with Gasteiger partial charge in [-0.1, -0.05) is 11.6 Å². The van der Waals surface area contributed by atoms with E-state index < -0.39 is 5.82 Å². The minimum Gasteiger partial charge on any atom is -0.278 e. The summed E-state index contributed by atoms with van der Waals surface area (Å²) in [5.41, 5.74) is 1.69. The molecule has 0 aliphatic heterocycles. The van der Waals surface area contributed by atoms with Gasteiger partial charge < -0.3 is 0 Å². The first-order valence-electron chi connectivity index (χ1n) is 6.04. The van der Waals surface area contributed by atoms with Gasteiger partial charge in [-0.25, -0.2) is 14.4 Å². The SMILES string of the molecule is Fc1cc(Cl)ccc1-n1c(CCCl)nc2cccnc21. The Hall–Kier alpha value is -1.65. The third kappa shape index (κ3) is 2.25. The lowest BCUT2D eigenvalue weighted by Gasteiger charge is -2.09. The molecule has 3 aromatic rings. The number of alkyl halides is 1. The highest BCUT2D eigenvalue weighted by atomic mass is 35.5. The maximum Gasteiger partial charge on any atom is 0.164 e. The van der Waals surface area contributed by atoms with E-state index in [0.717, 1.165) is 0 Å². The van der Waals surface area contributed by atoms with Crippen molar-refractivity contribution < 1.29 is 4.39 Å². The van der Waals surface area contributed by atoms with E-state index in [2.05, 4.69) is 9.97 Å². The average Bonchev–Trinajstić information content (AvgIpc) is 2.78. The molecule has 102 valence electrons. The zero-order chi connectivity index (χ0) is 14.1. The maximum absolute atomic E-state index is 14.2. The molecule has 0 radical (unpaired) electrons. The van der Waals surface area contributed by atoms with E-state index in [9.17, 15) is 4.39 Å². The number of pyridine rings is 1. The van der Waals surface area contributed by atoms with Gasteiger partial charge in [0.2, 0.25) is 0 Å². The van der Waals surface area contributed by atoms with Crippen LogP contribution in [0.25, 0.3) is 16.9 Å². The van der Waals surface area contributed by atoms with Gasteiger partial charge in [0.05, 0.1) is 5.69 Å². The Kier molecular flexibility index (Phi) is 3.59. The van der Waals surface area contributed by atoms with E-state index in [-0.39, 0.29) is 0 Å². The third-order valence-corrected chi connectivity index (χ3v) is 3.38. The summed E-state index contributed by atoms with van der Waals surface area (Å²) < 4.78 is 15.9. The Morgan fingerprint density at radius 3 is 2.85 bits per heavy atom. The molecular formula is C14H10Cl2FN3. The summed E-state index contributed by atoms with van der Waals surface area (Å²) in [4.78, 5) is 8.74. The minimum atomic E-state index is -0.418. The van der Waals surface area contributed by atoms with Crippen LogP contribution in [-0.4, -0.2) is 20.4 Å². The van der Waals surface area contributed by atoms with Crippen LogP contribution in [0.2, 0.25) is 5.02 Å². The van der Waals surface area contributed by atoms with Gasteiger partial charge in [-0.05, 0) is 30.3 Å². The number of benzene rings is 1. The molecule has 0 aliphatic carbocycles. The number of hydrogen-bond acceptors (Lipinski definition) is 2. The van der Waals surface area contributed by atoms with E-state index in [1.54, 1.807) is 29.0 Å². The first kappa shape index (κ1) is 13.3. The van der Waals surface area contributed by atoms with Crippen molar-refractivity contribution in [2.24, 2.45) is 0 Å². The third-order valence-electron chi connectivity index (χ3n) is 2.95. The van der Waals surface area contributed by atoms with Crippen LogP contribution < -0.4 is 0 Å². The lowest BCUT2D eigenvalue weighted by atomic mass is 10.3. The number of halogens is 3. The molecule has 0 unspecified atom stereocenters. The molecule has 0 bridgehead atoms. The summed E-state index contributed by atoms with van der Waals surface area (Å²) in [5.74, 6) is 0.659. The van der Waals surface area contributed by atoms with Crippen molar-refractivity contribution in [1.29, 1.82) is 0 Å². The molecule has 2 aromatic heterocycles. The predicted octanol–water partition coefficient (Wildman–Crippen LogP) is 3.99. The Morgan fingerprint density at radius 2 is 2.10 bits per heavy atom. The van der Waals surface area contributed by atoms with E-state index in [0.29, 0.717) is 40.0 Å². The first-order chi connectivity index (χ1) is 9.70. The number of aromatic nitrogens is 3. The molecule has 6 heteroatoms. The Labute approximate surface area is 125 Å². The zero-order valence-corrected chi connectivity index (χ0v) is 11.9. The van der Waals surface area contributed by atoms with Crippen molar-refractivity contribution in [3.63, 3.8) is 0 Å². The molecule has 0 saturated carbocycles. The maximum atomic E-state index is 14.2. The smallest absolute Gasteiger partial charge is 0.164 e. The van der Waals surface area contributed by atoms with Gasteiger partial charge in [-0.15, -0.1) is 11.6 Å². The van der Waals surface area contributed by atoms with Gasteiger partial charge in [0.15, 0.2) is 5.65 Å². The summed E-state index contributed by atoms with van der Waals surface area (Å²) in [6, 6.07) is 8.16. The van der Waals surface area contributed by atoms with Crippen LogP contribution in [0, 0.1) is 5.82 Å². The second-order valence-corrected chi connectivity index (χ2v) is 5.06. The van der Waals surface area contributed by atoms with Gasteiger partial charge in [0.1, 0.15) is 17.2 Å². The average molecular weight is 310 g/mol. The van der Waals surface area contributed by atoms with Crippen molar-refractivity contribution in [3.8, 4) is 5.69 Å². The molecule has 3 nitrogen and oxygen atoms in total. The largest absolute Gasteiger partial charge is 0.278 e. The molecule has 0 fully saturated rings. The molecule has 0 N–H and O–H groups in total. The summed E-state index contributed by atoms with van der Waals surface area (Å²) in [6.45, 7) is 0. The van der Waals surface area contributed by atoms with Crippen LogP contribution in [0.1, 0.15) is 5.82 Å². The predicted molar refractivity (Wildman–Crippen MR) is 78.3 cm³/mol. The van der Waals surface area contributed by atoms with Gasteiger partial charge in [-0.2, -0.15) is 0 Å². The highest BCUT2D eigenvalue weighted by Gasteiger charge is 2.15. The van der Waals surface area contributed by atoms with Crippen molar-refractivity contribution in [2.75, 3.05) is 5.88 Å². The number of imidazole rings is 1.